The van der Waals surface area contributed by atoms with Crippen LogP contribution in [0.5, 0.6) is 0 Å². The fourth-order valence-corrected chi connectivity index (χ4v) is 4.51. The number of nitrogens with one attached hydrogen (secondary N) is 1. The fraction of sp³-hybridized carbons (Fsp3) is 0.714. The number of piperidine rings is 1. The molecule has 0 radical (unpaired) electrons. The first-order chi connectivity index (χ1) is 8.58. The maximum absolute atomic E-state index is 11.6. The molecule has 3 atom stereocenters. The van der Waals surface area contributed by atoms with Crippen molar-refractivity contribution >= 4 is 23.5 Å². The van der Waals surface area contributed by atoms with Gasteiger partial charge in [-0.1, -0.05) is 18.6 Å². The van der Waals surface area contributed by atoms with E-state index in [1.165, 1.54) is 0 Å². The van der Waals surface area contributed by atoms with Crippen LogP contribution in [-0.2, 0) is 9.59 Å². The van der Waals surface area contributed by atoms with Gasteiger partial charge in [-0.25, -0.2) is 0 Å². The minimum absolute atomic E-state index is 0.123. The summed E-state index contributed by atoms with van der Waals surface area (Å²) in [7, 11) is 0. The van der Waals surface area contributed by atoms with Crippen LogP contribution < -0.4 is 5.32 Å². The van der Waals surface area contributed by atoms with Crippen molar-refractivity contribution < 1.29 is 9.59 Å². The molecule has 100 valence electrons. The van der Waals surface area contributed by atoms with Crippen LogP contribution in [0.3, 0.4) is 0 Å². The van der Waals surface area contributed by atoms with Gasteiger partial charge in [0, 0.05) is 35.8 Å². The van der Waals surface area contributed by atoms with Crippen molar-refractivity contribution in [1.29, 1.82) is 0 Å². The van der Waals surface area contributed by atoms with Gasteiger partial charge in [-0.3, -0.25) is 4.79 Å². The first kappa shape index (κ1) is 13.7. The predicted molar refractivity (Wildman–Crippen MR) is 74.6 cm³/mol. The van der Waals surface area contributed by atoms with Crippen LogP contribution >= 0.6 is 11.8 Å². The van der Waals surface area contributed by atoms with Gasteiger partial charge >= 0.3 is 0 Å². The molecule has 2 saturated heterocycles. The highest BCUT2D eigenvalue weighted by molar-refractivity contribution is 8.00. The van der Waals surface area contributed by atoms with Crippen molar-refractivity contribution in [2.45, 2.75) is 50.3 Å². The van der Waals surface area contributed by atoms with Crippen LogP contribution in [0.4, 0.5) is 0 Å². The third kappa shape index (κ3) is 3.16. The maximum atomic E-state index is 11.6. The molecule has 2 aliphatic heterocycles. The first-order valence-corrected chi connectivity index (χ1v) is 7.71. The second-order valence-corrected chi connectivity index (χ2v) is 6.63. The van der Waals surface area contributed by atoms with E-state index >= 15 is 0 Å². The van der Waals surface area contributed by atoms with E-state index in [0.29, 0.717) is 24.0 Å². The largest absolute Gasteiger partial charge is 0.351 e. The lowest BCUT2D eigenvalue weighted by Gasteiger charge is -2.31. The minimum atomic E-state index is 0.123. The second kappa shape index (κ2) is 5.91. The number of ketones is 1. The molecule has 0 saturated carbocycles. The summed E-state index contributed by atoms with van der Waals surface area (Å²) in [6, 6.07) is 0.279. The number of thioether (sulfide) groups is 1. The van der Waals surface area contributed by atoms with Gasteiger partial charge in [0.2, 0.25) is 5.91 Å². The van der Waals surface area contributed by atoms with E-state index < -0.39 is 0 Å². The molecule has 18 heavy (non-hydrogen) atoms. The molecule has 2 rings (SSSR count). The van der Waals surface area contributed by atoms with Gasteiger partial charge in [-0.2, -0.15) is 11.8 Å². The number of fused-ring (bicyclic) bond motifs is 1. The Bertz CT molecular complexity index is 367. The van der Waals surface area contributed by atoms with Crippen molar-refractivity contribution in [2.75, 3.05) is 5.75 Å². The fourth-order valence-electron chi connectivity index (χ4n) is 2.82. The summed E-state index contributed by atoms with van der Waals surface area (Å²) >= 11 is 1.95. The normalized spacial score (nSPS) is 31.1. The van der Waals surface area contributed by atoms with Gasteiger partial charge < -0.3 is 10.1 Å². The molecule has 1 N–H and O–H groups in total. The molecule has 0 bridgehead atoms. The zero-order valence-corrected chi connectivity index (χ0v) is 11.7. The van der Waals surface area contributed by atoms with E-state index in [2.05, 4.69) is 11.9 Å². The van der Waals surface area contributed by atoms with Crippen molar-refractivity contribution in [1.82, 2.24) is 5.32 Å². The molecule has 0 aromatic rings. The van der Waals surface area contributed by atoms with Gasteiger partial charge in [-0.15, -0.1) is 0 Å². The van der Waals surface area contributed by atoms with Crippen LogP contribution in [0, 0.1) is 5.92 Å². The molecule has 4 heteroatoms. The van der Waals surface area contributed by atoms with E-state index in [1.54, 1.807) is 6.92 Å². The van der Waals surface area contributed by atoms with E-state index in [4.69, 9.17) is 0 Å². The predicted octanol–water partition coefficient (Wildman–Crippen LogP) is 2.31. The number of amides is 1. The third-order valence-electron chi connectivity index (χ3n) is 3.83. The number of Topliss-reactive ketones (excluding diaryl/α,β-unsaturated/α-hetero) is 1. The monoisotopic (exact) mass is 267 g/mol. The highest BCUT2D eigenvalue weighted by Crippen LogP contribution is 2.40. The van der Waals surface area contributed by atoms with E-state index in [-0.39, 0.29) is 17.7 Å². The average molecular weight is 267 g/mol. The Morgan fingerprint density at radius 1 is 1.50 bits per heavy atom. The zero-order chi connectivity index (χ0) is 13.1. The Morgan fingerprint density at radius 3 is 3.00 bits per heavy atom. The molecule has 0 aromatic heterocycles. The molecule has 2 heterocycles. The van der Waals surface area contributed by atoms with Crippen molar-refractivity contribution in [2.24, 2.45) is 5.92 Å². The summed E-state index contributed by atoms with van der Waals surface area (Å²) in [5.74, 6) is 1.94. The molecule has 2 aliphatic rings. The number of rotatable bonds is 5. The summed E-state index contributed by atoms with van der Waals surface area (Å²) in [6.07, 6.45) is 4.32. The molecule has 3 unspecified atom stereocenters. The molecule has 0 aromatic carbocycles. The summed E-state index contributed by atoms with van der Waals surface area (Å²) in [6.45, 7) is 5.69. The molecule has 2 fully saturated rings. The molecule has 1 amide bonds. The quantitative estimate of drug-likeness (QED) is 0.614. The standard InChI is InChI=1S/C14H21NO2S/c1-9-7-13(17)15-14-11(9)8-18-12(14)6-4-3-5-10(2)16/h11-12,14H,1,3-8H2,2H3,(H,15,17). The molecule has 0 spiro atoms. The van der Waals surface area contributed by atoms with Crippen LogP contribution in [-0.4, -0.2) is 28.7 Å². The van der Waals surface area contributed by atoms with Crippen LogP contribution in [0.15, 0.2) is 12.2 Å². The topological polar surface area (TPSA) is 46.2 Å². The highest BCUT2D eigenvalue weighted by Gasteiger charge is 2.41. The number of hydrogen-bond acceptors (Lipinski definition) is 3. The van der Waals surface area contributed by atoms with Crippen LogP contribution in [0.25, 0.3) is 0 Å². The lowest BCUT2D eigenvalue weighted by Crippen LogP contribution is -2.48. The Kier molecular flexibility index (Phi) is 4.49. The minimum Gasteiger partial charge on any atom is -0.351 e. The van der Waals surface area contributed by atoms with Gasteiger partial charge in [0.15, 0.2) is 0 Å². The molecular formula is C14H21NO2S. The van der Waals surface area contributed by atoms with Gasteiger partial charge in [0.1, 0.15) is 5.78 Å². The van der Waals surface area contributed by atoms with Crippen LogP contribution in [0.2, 0.25) is 0 Å². The Hall–Kier alpha value is -0.770. The second-order valence-electron chi connectivity index (χ2n) is 5.35. The zero-order valence-electron chi connectivity index (χ0n) is 10.9. The Morgan fingerprint density at radius 2 is 2.28 bits per heavy atom. The number of carbonyl (C=O) groups is 2. The van der Waals surface area contributed by atoms with Crippen molar-refractivity contribution in [3.63, 3.8) is 0 Å². The average Bonchev–Trinajstić information content (AvgIpc) is 2.67. The lowest BCUT2D eigenvalue weighted by molar-refractivity contribution is -0.122. The van der Waals surface area contributed by atoms with Crippen LogP contribution in [0.1, 0.15) is 39.0 Å². The molecular weight excluding hydrogens is 246 g/mol. The van der Waals surface area contributed by atoms with E-state index in [9.17, 15) is 9.59 Å². The van der Waals surface area contributed by atoms with Gasteiger partial charge in [-0.05, 0) is 19.8 Å². The Labute approximate surface area is 113 Å². The number of hydrogen-bond donors (Lipinski definition) is 1. The smallest absolute Gasteiger partial charge is 0.224 e. The van der Waals surface area contributed by atoms with Crippen molar-refractivity contribution in [3.05, 3.63) is 12.2 Å². The first-order valence-electron chi connectivity index (χ1n) is 6.66. The molecule has 0 aliphatic carbocycles. The summed E-state index contributed by atoms with van der Waals surface area (Å²) in [4.78, 5) is 22.4. The van der Waals surface area contributed by atoms with E-state index in [1.807, 2.05) is 11.8 Å². The summed E-state index contributed by atoms with van der Waals surface area (Å²) in [5, 5.41) is 3.62. The van der Waals surface area contributed by atoms with Gasteiger partial charge in [0.05, 0.1) is 0 Å². The SMILES string of the molecule is C=C1CC(=O)NC2C(CCCCC(C)=O)SCC12. The number of carbonyl (C=O) groups excluding carboxylic acids is 2. The van der Waals surface area contributed by atoms with Crippen molar-refractivity contribution in [3.8, 4) is 0 Å². The third-order valence-corrected chi connectivity index (χ3v) is 5.34. The summed E-state index contributed by atoms with van der Waals surface area (Å²) in [5.41, 5.74) is 1.10. The number of unbranched alkanes of at least 4 members (excludes halogenated alkanes) is 1. The highest BCUT2D eigenvalue weighted by atomic mass is 32.2. The van der Waals surface area contributed by atoms with E-state index in [0.717, 1.165) is 30.6 Å². The molecule has 3 nitrogen and oxygen atoms in total. The van der Waals surface area contributed by atoms with Gasteiger partial charge in [0.25, 0.3) is 0 Å². The Balaban J connectivity index is 1.82. The maximum Gasteiger partial charge on any atom is 0.224 e. The lowest BCUT2D eigenvalue weighted by atomic mass is 9.85. The summed E-state index contributed by atoms with van der Waals surface area (Å²) < 4.78 is 0.